The highest BCUT2D eigenvalue weighted by atomic mass is 32.1. The molecule has 1 aromatic rings. The number of benzene rings is 1. The summed E-state index contributed by atoms with van der Waals surface area (Å²) in [5.74, 6) is 0.366. The fourth-order valence-electron chi connectivity index (χ4n) is 1.45. The first-order valence-corrected chi connectivity index (χ1v) is 7.05. The number of nitrogens with zero attached hydrogens (tertiary/aromatic N) is 1. The maximum Gasteiger partial charge on any atom is 0.276 e. The molecule has 7 heteroatoms. The summed E-state index contributed by atoms with van der Waals surface area (Å²) < 4.78 is 5.37. The van der Waals surface area contributed by atoms with Crippen LogP contribution in [0.15, 0.2) is 24.3 Å². The van der Waals surface area contributed by atoms with Gasteiger partial charge in [-0.25, -0.2) is 0 Å². The van der Waals surface area contributed by atoms with E-state index in [-0.39, 0.29) is 12.5 Å². The quantitative estimate of drug-likeness (QED) is 0.523. The molecule has 1 rings (SSSR count). The summed E-state index contributed by atoms with van der Waals surface area (Å²) in [6.07, 6.45) is 0. The molecule has 0 heterocycles. The summed E-state index contributed by atoms with van der Waals surface area (Å²) in [6.45, 7) is 3.45. The Morgan fingerprint density at radius 3 is 2.76 bits per heavy atom. The molecule has 0 fully saturated rings. The molecule has 21 heavy (non-hydrogen) atoms. The Labute approximate surface area is 130 Å². The molecule has 0 saturated carbocycles. The molecule has 1 aromatic carbocycles. The van der Waals surface area contributed by atoms with Crippen LogP contribution in [0, 0.1) is 6.92 Å². The highest BCUT2D eigenvalue weighted by molar-refractivity contribution is 7.80. The maximum absolute atomic E-state index is 11.6. The zero-order valence-electron chi connectivity index (χ0n) is 12.6. The predicted octanol–water partition coefficient (Wildman–Crippen LogP) is 0.431. The molecular formula is C14H22N4O2S. The van der Waals surface area contributed by atoms with Gasteiger partial charge in [0, 0.05) is 13.1 Å². The SMILES string of the molecule is Cc1cccc(OCC(=O)NNC(=S)NCCN(C)C)c1. The number of hydrazine groups is 1. The zero-order chi connectivity index (χ0) is 15.7. The van der Waals surface area contributed by atoms with Crippen molar-refractivity contribution >= 4 is 23.2 Å². The number of hydrogen-bond donors (Lipinski definition) is 3. The minimum Gasteiger partial charge on any atom is -0.484 e. The third kappa shape index (κ3) is 8.11. The van der Waals surface area contributed by atoms with Gasteiger partial charge in [-0.1, -0.05) is 12.1 Å². The number of carbonyl (C=O) groups excluding carboxylic acids is 1. The Hall–Kier alpha value is -1.86. The predicted molar refractivity (Wildman–Crippen MR) is 87.1 cm³/mol. The van der Waals surface area contributed by atoms with E-state index in [1.165, 1.54) is 0 Å². The summed E-state index contributed by atoms with van der Waals surface area (Å²) >= 11 is 5.02. The van der Waals surface area contributed by atoms with Crippen molar-refractivity contribution in [3.8, 4) is 5.75 Å². The highest BCUT2D eigenvalue weighted by Gasteiger charge is 2.03. The van der Waals surface area contributed by atoms with Crippen LogP contribution in [0.2, 0.25) is 0 Å². The number of nitrogens with one attached hydrogen (secondary N) is 3. The number of aryl methyl sites for hydroxylation is 1. The lowest BCUT2D eigenvalue weighted by molar-refractivity contribution is -0.123. The van der Waals surface area contributed by atoms with E-state index in [2.05, 4.69) is 16.2 Å². The van der Waals surface area contributed by atoms with Crippen molar-refractivity contribution in [2.24, 2.45) is 0 Å². The fourth-order valence-corrected chi connectivity index (χ4v) is 1.61. The third-order valence-electron chi connectivity index (χ3n) is 2.52. The Kier molecular flexibility index (Phi) is 7.49. The van der Waals surface area contributed by atoms with Crippen LogP contribution in [-0.4, -0.2) is 49.7 Å². The summed E-state index contributed by atoms with van der Waals surface area (Å²) in [5, 5.41) is 3.35. The number of hydrogen-bond acceptors (Lipinski definition) is 4. The van der Waals surface area contributed by atoms with E-state index >= 15 is 0 Å². The monoisotopic (exact) mass is 310 g/mol. The van der Waals surface area contributed by atoms with Crippen molar-refractivity contribution in [2.45, 2.75) is 6.92 Å². The Bertz CT molecular complexity index is 480. The lowest BCUT2D eigenvalue weighted by atomic mass is 10.2. The molecular weight excluding hydrogens is 288 g/mol. The molecule has 0 aliphatic carbocycles. The van der Waals surface area contributed by atoms with Crippen LogP contribution in [0.4, 0.5) is 0 Å². The lowest BCUT2D eigenvalue weighted by Gasteiger charge is -2.14. The van der Waals surface area contributed by atoms with E-state index in [1.807, 2.05) is 44.1 Å². The second kappa shape index (κ2) is 9.15. The standard InChI is InChI=1S/C14H22N4O2S/c1-11-5-4-6-12(9-11)20-10-13(19)16-17-14(21)15-7-8-18(2)3/h4-6,9H,7-8,10H2,1-3H3,(H,16,19)(H2,15,17,21). The van der Waals surface area contributed by atoms with Crippen molar-refractivity contribution in [1.82, 2.24) is 21.1 Å². The average Bonchev–Trinajstić information content (AvgIpc) is 2.42. The third-order valence-corrected chi connectivity index (χ3v) is 2.77. The molecule has 0 bridgehead atoms. The zero-order valence-corrected chi connectivity index (χ0v) is 13.4. The van der Waals surface area contributed by atoms with Crippen molar-refractivity contribution in [3.05, 3.63) is 29.8 Å². The molecule has 0 radical (unpaired) electrons. The number of amides is 1. The first-order chi connectivity index (χ1) is 9.97. The Balaban J connectivity index is 2.17. The van der Waals surface area contributed by atoms with Gasteiger partial charge in [0.15, 0.2) is 11.7 Å². The number of thiocarbonyl (C=S) groups is 1. The van der Waals surface area contributed by atoms with Crippen LogP contribution in [-0.2, 0) is 4.79 Å². The second-order valence-electron chi connectivity index (χ2n) is 4.84. The van der Waals surface area contributed by atoms with E-state index in [4.69, 9.17) is 17.0 Å². The molecule has 0 aromatic heterocycles. The Morgan fingerprint density at radius 2 is 2.10 bits per heavy atom. The van der Waals surface area contributed by atoms with Gasteiger partial charge in [0.05, 0.1) is 0 Å². The van der Waals surface area contributed by atoms with Crippen LogP contribution in [0.25, 0.3) is 0 Å². The molecule has 0 spiro atoms. The smallest absolute Gasteiger partial charge is 0.276 e. The van der Waals surface area contributed by atoms with Gasteiger partial charge in [-0.05, 0) is 50.9 Å². The van der Waals surface area contributed by atoms with E-state index in [0.717, 1.165) is 12.1 Å². The van der Waals surface area contributed by atoms with Crippen LogP contribution in [0.5, 0.6) is 5.75 Å². The summed E-state index contributed by atoms with van der Waals surface area (Å²) in [5.41, 5.74) is 6.18. The van der Waals surface area contributed by atoms with E-state index in [9.17, 15) is 4.79 Å². The first kappa shape index (κ1) is 17.2. The van der Waals surface area contributed by atoms with Crippen LogP contribution in [0.1, 0.15) is 5.56 Å². The van der Waals surface area contributed by atoms with E-state index in [0.29, 0.717) is 17.4 Å². The minimum atomic E-state index is -0.298. The van der Waals surface area contributed by atoms with Gasteiger partial charge in [0.25, 0.3) is 5.91 Å². The van der Waals surface area contributed by atoms with E-state index in [1.54, 1.807) is 6.07 Å². The number of carbonyl (C=O) groups is 1. The topological polar surface area (TPSA) is 65.6 Å². The van der Waals surface area contributed by atoms with E-state index < -0.39 is 0 Å². The van der Waals surface area contributed by atoms with Crippen LogP contribution in [0.3, 0.4) is 0 Å². The molecule has 6 nitrogen and oxygen atoms in total. The van der Waals surface area contributed by atoms with Gasteiger partial charge >= 0.3 is 0 Å². The van der Waals surface area contributed by atoms with Crippen molar-refractivity contribution in [2.75, 3.05) is 33.8 Å². The van der Waals surface area contributed by atoms with Crippen molar-refractivity contribution < 1.29 is 9.53 Å². The number of rotatable bonds is 6. The molecule has 1 amide bonds. The van der Waals surface area contributed by atoms with Gasteiger partial charge in [-0.2, -0.15) is 0 Å². The molecule has 0 aliphatic rings. The van der Waals surface area contributed by atoms with Gasteiger partial charge in [-0.15, -0.1) is 0 Å². The number of likely N-dealkylation sites (N-methyl/N-ethyl adjacent to an activating group) is 1. The maximum atomic E-state index is 11.6. The van der Waals surface area contributed by atoms with Gasteiger partial charge in [0.1, 0.15) is 5.75 Å². The molecule has 116 valence electrons. The molecule has 0 aliphatic heterocycles. The van der Waals surface area contributed by atoms with Gasteiger partial charge in [-0.3, -0.25) is 15.6 Å². The summed E-state index contributed by atoms with van der Waals surface area (Å²) in [7, 11) is 3.95. The van der Waals surface area contributed by atoms with Crippen molar-refractivity contribution in [3.63, 3.8) is 0 Å². The number of ether oxygens (including phenoxy) is 1. The fraction of sp³-hybridized carbons (Fsp3) is 0.429. The minimum absolute atomic E-state index is 0.0727. The largest absolute Gasteiger partial charge is 0.484 e. The Morgan fingerprint density at radius 1 is 1.33 bits per heavy atom. The van der Waals surface area contributed by atoms with Crippen LogP contribution < -0.4 is 20.9 Å². The first-order valence-electron chi connectivity index (χ1n) is 6.64. The van der Waals surface area contributed by atoms with Crippen LogP contribution >= 0.6 is 12.2 Å². The molecule has 0 atom stereocenters. The lowest BCUT2D eigenvalue weighted by Crippen LogP contribution is -2.49. The summed E-state index contributed by atoms with van der Waals surface area (Å²) in [4.78, 5) is 13.6. The highest BCUT2D eigenvalue weighted by Crippen LogP contribution is 2.11. The normalized spacial score (nSPS) is 10.1. The van der Waals surface area contributed by atoms with Crippen molar-refractivity contribution in [1.29, 1.82) is 0 Å². The second-order valence-corrected chi connectivity index (χ2v) is 5.25. The molecule has 0 unspecified atom stereocenters. The van der Waals surface area contributed by atoms with Gasteiger partial charge in [0.2, 0.25) is 0 Å². The van der Waals surface area contributed by atoms with Gasteiger partial charge < -0.3 is 15.0 Å². The average molecular weight is 310 g/mol. The summed E-state index contributed by atoms with van der Waals surface area (Å²) in [6, 6.07) is 7.52. The molecule has 3 N–H and O–H groups in total. The molecule has 0 saturated heterocycles.